The highest BCUT2D eigenvalue weighted by Crippen LogP contribution is 2.31. The van der Waals surface area contributed by atoms with E-state index in [1.165, 1.54) is 5.56 Å². The summed E-state index contributed by atoms with van der Waals surface area (Å²) in [7, 11) is 0. The molecule has 3 nitrogen and oxygen atoms in total. The molecule has 0 saturated heterocycles. The second-order valence-electron chi connectivity index (χ2n) is 5.94. The lowest BCUT2D eigenvalue weighted by atomic mass is 10.0. The largest absolute Gasteiger partial charge is 0.480 e. The van der Waals surface area contributed by atoms with Crippen molar-refractivity contribution in [1.82, 2.24) is 5.32 Å². The normalized spacial score (nSPS) is 17.3. The molecule has 0 saturated carbocycles. The highest BCUT2D eigenvalue weighted by atomic mass is 35.5. The minimum Gasteiger partial charge on any atom is -0.480 e. The third-order valence-corrected chi connectivity index (χ3v) is 4.43. The maximum atomic E-state index is 12.5. The molecule has 0 unspecified atom stereocenters. The Labute approximate surface area is 141 Å². The molecule has 1 aliphatic heterocycles. The molecule has 0 spiro atoms. The molecule has 1 amide bonds. The first kappa shape index (κ1) is 15.9. The van der Waals surface area contributed by atoms with Crippen LogP contribution in [-0.2, 0) is 11.2 Å². The van der Waals surface area contributed by atoms with Gasteiger partial charge >= 0.3 is 0 Å². The molecule has 1 heterocycles. The van der Waals surface area contributed by atoms with Crippen molar-refractivity contribution in [3.8, 4) is 5.75 Å². The molecule has 2 aromatic carbocycles. The molecular weight excluding hydrogens is 310 g/mol. The van der Waals surface area contributed by atoms with Crippen LogP contribution in [0, 0.1) is 6.92 Å². The number of ether oxygens (including phenoxy) is 1. The van der Waals surface area contributed by atoms with Crippen molar-refractivity contribution in [2.45, 2.75) is 38.8 Å². The number of rotatable bonds is 4. The van der Waals surface area contributed by atoms with Gasteiger partial charge in [-0.25, -0.2) is 0 Å². The maximum absolute atomic E-state index is 12.5. The quantitative estimate of drug-likeness (QED) is 0.912. The second-order valence-corrected chi connectivity index (χ2v) is 6.38. The van der Waals surface area contributed by atoms with E-state index >= 15 is 0 Å². The number of aryl methyl sites for hydroxylation is 1. The Kier molecular flexibility index (Phi) is 4.58. The van der Waals surface area contributed by atoms with E-state index in [0.29, 0.717) is 11.4 Å². The molecule has 120 valence electrons. The van der Waals surface area contributed by atoms with Gasteiger partial charge in [0.05, 0.1) is 6.04 Å². The number of fused-ring (bicyclic) bond motifs is 1. The standard InChI is InChI=1S/C19H20ClNO2/c1-3-16(13-6-4-12(2)5-7-13)21-19(22)18-11-14-10-15(20)8-9-17(14)23-18/h4-10,16,18H,3,11H2,1-2H3,(H,21,22)/t16-,18+/m1/s1. The maximum Gasteiger partial charge on any atom is 0.261 e. The molecule has 0 bridgehead atoms. The van der Waals surface area contributed by atoms with E-state index in [1.807, 2.05) is 12.1 Å². The first-order valence-corrected chi connectivity index (χ1v) is 8.26. The molecule has 1 N–H and O–H groups in total. The lowest BCUT2D eigenvalue weighted by Gasteiger charge is -2.20. The van der Waals surface area contributed by atoms with Gasteiger partial charge in [-0.05, 0) is 42.7 Å². The van der Waals surface area contributed by atoms with Crippen molar-refractivity contribution in [1.29, 1.82) is 0 Å². The van der Waals surface area contributed by atoms with Crippen LogP contribution < -0.4 is 10.1 Å². The molecular formula is C19H20ClNO2. The van der Waals surface area contributed by atoms with Crippen molar-refractivity contribution in [3.63, 3.8) is 0 Å². The topological polar surface area (TPSA) is 38.3 Å². The van der Waals surface area contributed by atoms with Crippen LogP contribution in [0.15, 0.2) is 42.5 Å². The van der Waals surface area contributed by atoms with Gasteiger partial charge < -0.3 is 10.1 Å². The summed E-state index contributed by atoms with van der Waals surface area (Å²) in [5.41, 5.74) is 3.31. The number of hydrogen-bond acceptors (Lipinski definition) is 2. The predicted octanol–water partition coefficient (Wildman–Crippen LogP) is 4.22. The van der Waals surface area contributed by atoms with Crippen molar-refractivity contribution >= 4 is 17.5 Å². The van der Waals surface area contributed by atoms with Crippen LogP contribution in [0.1, 0.15) is 36.1 Å². The van der Waals surface area contributed by atoms with E-state index in [0.717, 1.165) is 23.3 Å². The zero-order valence-electron chi connectivity index (χ0n) is 13.3. The summed E-state index contributed by atoms with van der Waals surface area (Å²) in [4.78, 5) is 12.5. The number of halogens is 1. The summed E-state index contributed by atoms with van der Waals surface area (Å²) >= 11 is 5.99. The van der Waals surface area contributed by atoms with Gasteiger partial charge in [0.15, 0.2) is 6.10 Å². The van der Waals surface area contributed by atoms with E-state index in [1.54, 1.807) is 6.07 Å². The lowest BCUT2D eigenvalue weighted by molar-refractivity contribution is -0.128. The first-order valence-electron chi connectivity index (χ1n) is 7.89. The van der Waals surface area contributed by atoms with Gasteiger partial charge in [0, 0.05) is 11.4 Å². The van der Waals surface area contributed by atoms with E-state index < -0.39 is 6.10 Å². The molecule has 3 rings (SSSR count). The molecule has 0 fully saturated rings. The minimum absolute atomic E-state index is 0.000926. The molecule has 1 aliphatic rings. The number of carbonyl (C=O) groups is 1. The van der Waals surface area contributed by atoms with Gasteiger partial charge in [0.2, 0.25) is 0 Å². The number of nitrogens with one attached hydrogen (secondary N) is 1. The summed E-state index contributed by atoms with van der Waals surface area (Å²) in [5, 5.41) is 3.76. The summed E-state index contributed by atoms with van der Waals surface area (Å²) in [6.45, 7) is 4.12. The van der Waals surface area contributed by atoms with E-state index in [-0.39, 0.29) is 11.9 Å². The lowest BCUT2D eigenvalue weighted by Crippen LogP contribution is -2.39. The first-order chi connectivity index (χ1) is 11.1. The van der Waals surface area contributed by atoms with E-state index in [2.05, 4.69) is 43.4 Å². The molecule has 0 aromatic heterocycles. The SMILES string of the molecule is CC[C@@H](NC(=O)[C@@H]1Cc2cc(Cl)ccc2O1)c1ccc(C)cc1. The summed E-state index contributed by atoms with van der Waals surface area (Å²) < 4.78 is 5.75. The Morgan fingerprint density at radius 3 is 2.74 bits per heavy atom. The Hall–Kier alpha value is -2.00. The number of benzene rings is 2. The van der Waals surface area contributed by atoms with Gasteiger partial charge in [-0.15, -0.1) is 0 Å². The zero-order chi connectivity index (χ0) is 16.4. The van der Waals surface area contributed by atoms with Crippen molar-refractivity contribution in [2.24, 2.45) is 0 Å². The van der Waals surface area contributed by atoms with Crippen LogP contribution in [0.25, 0.3) is 0 Å². The monoisotopic (exact) mass is 329 g/mol. The van der Waals surface area contributed by atoms with Crippen LogP contribution in [0.3, 0.4) is 0 Å². The Morgan fingerprint density at radius 2 is 2.04 bits per heavy atom. The Balaban J connectivity index is 1.68. The van der Waals surface area contributed by atoms with Crippen LogP contribution in [0.5, 0.6) is 5.75 Å². The highest BCUT2D eigenvalue weighted by Gasteiger charge is 2.30. The summed E-state index contributed by atoms with van der Waals surface area (Å²) in [6, 6.07) is 13.7. The van der Waals surface area contributed by atoms with Crippen molar-refractivity contribution in [2.75, 3.05) is 0 Å². The average molecular weight is 330 g/mol. The zero-order valence-corrected chi connectivity index (χ0v) is 14.1. The van der Waals surface area contributed by atoms with Crippen LogP contribution in [0.2, 0.25) is 5.02 Å². The van der Waals surface area contributed by atoms with Gasteiger partial charge in [-0.3, -0.25) is 4.79 Å². The fraction of sp³-hybridized carbons (Fsp3) is 0.316. The van der Waals surface area contributed by atoms with Gasteiger partial charge in [-0.2, -0.15) is 0 Å². The van der Waals surface area contributed by atoms with Crippen LogP contribution >= 0.6 is 11.6 Å². The molecule has 23 heavy (non-hydrogen) atoms. The Morgan fingerprint density at radius 1 is 1.30 bits per heavy atom. The second kappa shape index (κ2) is 6.63. The van der Waals surface area contributed by atoms with Gasteiger partial charge in [0.25, 0.3) is 5.91 Å². The molecule has 4 heteroatoms. The van der Waals surface area contributed by atoms with E-state index in [9.17, 15) is 4.79 Å². The predicted molar refractivity (Wildman–Crippen MR) is 91.9 cm³/mol. The number of amides is 1. The molecule has 2 atom stereocenters. The fourth-order valence-corrected chi connectivity index (χ4v) is 3.04. The van der Waals surface area contributed by atoms with Crippen LogP contribution in [0.4, 0.5) is 0 Å². The van der Waals surface area contributed by atoms with Crippen molar-refractivity contribution < 1.29 is 9.53 Å². The van der Waals surface area contributed by atoms with Crippen molar-refractivity contribution in [3.05, 3.63) is 64.2 Å². The van der Waals surface area contributed by atoms with Crippen LogP contribution in [-0.4, -0.2) is 12.0 Å². The molecule has 2 aromatic rings. The number of hydrogen-bond donors (Lipinski definition) is 1. The van der Waals surface area contributed by atoms with Gasteiger partial charge in [-0.1, -0.05) is 48.4 Å². The van der Waals surface area contributed by atoms with Gasteiger partial charge in [0.1, 0.15) is 5.75 Å². The highest BCUT2D eigenvalue weighted by molar-refractivity contribution is 6.30. The third kappa shape index (κ3) is 3.50. The average Bonchev–Trinajstić information content (AvgIpc) is 2.96. The molecule has 0 radical (unpaired) electrons. The minimum atomic E-state index is -0.483. The Bertz CT molecular complexity index is 712. The number of carbonyl (C=O) groups excluding carboxylic acids is 1. The summed E-state index contributed by atoms with van der Waals surface area (Å²) in [6.07, 6.45) is 0.912. The fourth-order valence-electron chi connectivity index (χ4n) is 2.85. The molecule has 0 aliphatic carbocycles. The summed E-state index contributed by atoms with van der Waals surface area (Å²) in [5.74, 6) is 0.669. The third-order valence-electron chi connectivity index (χ3n) is 4.19. The smallest absolute Gasteiger partial charge is 0.261 e. The van der Waals surface area contributed by atoms with E-state index in [4.69, 9.17) is 16.3 Å².